The Kier molecular flexibility index (Phi) is 5.05. The third-order valence-electron chi connectivity index (χ3n) is 3.49. The topological polar surface area (TPSA) is 60.1 Å². The molecule has 1 heterocycles. The molecule has 0 saturated heterocycles. The molecule has 2 rings (SSSR count). The molecule has 0 saturated carbocycles. The molecule has 1 aromatic heterocycles. The zero-order valence-electron chi connectivity index (χ0n) is 12.8. The van der Waals surface area contributed by atoms with Crippen LogP contribution in [-0.2, 0) is 6.54 Å². The van der Waals surface area contributed by atoms with E-state index in [2.05, 4.69) is 5.32 Å². The Morgan fingerprint density at radius 1 is 1.21 bits per heavy atom. The number of benzene rings is 1. The Hall–Kier alpha value is -1.86. The summed E-state index contributed by atoms with van der Waals surface area (Å²) in [6, 6.07) is 4.22. The van der Waals surface area contributed by atoms with Crippen LogP contribution in [0.25, 0.3) is 0 Å². The van der Waals surface area contributed by atoms with Crippen LogP contribution in [-0.4, -0.2) is 16.7 Å². The van der Waals surface area contributed by atoms with Crippen LogP contribution in [0.3, 0.4) is 0 Å². The molecule has 0 spiro atoms. The van der Waals surface area contributed by atoms with E-state index in [1.165, 1.54) is 32.0 Å². The van der Waals surface area contributed by atoms with E-state index in [-0.39, 0.29) is 27.0 Å². The number of nitrogens with zero attached hydrogens (tertiary/aromatic N) is 1. The van der Waals surface area contributed by atoms with E-state index < -0.39 is 18.6 Å². The molecule has 0 aliphatic carbocycles. The molecule has 0 aliphatic rings. The number of nitrogen functional groups attached to an aromatic ring is 1. The maximum absolute atomic E-state index is 12.6. The molecule has 0 fully saturated rings. The minimum absolute atomic E-state index is 0.140. The van der Waals surface area contributed by atoms with E-state index in [9.17, 15) is 18.0 Å². The smallest absolute Gasteiger partial charge is 0.396 e. The Morgan fingerprint density at radius 3 is 2.25 bits per heavy atom. The van der Waals surface area contributed by atoms with Gasteiger partial charge in [-0.25, -0.2) is 0 Å². The fraction of sp³-hybridized carbons (Fsp3) is 0.267. The number of hydrogen-bond donors (Lipinski definition) is 2. The van der Waals surface area contributed by atoms with Gasteiger partial charge in [0.05, 0.1) is 21.3 Å². The predicted octanol–water partition coefficient (Wildman–Crippen LogP) is 4.81. The van der Waals surface area contributed by atoms with Crippen molar-refractivity contribution in [1.82, 2.24) is 4.57 Å². The third kappa shape index (κ3) is 3.96. The molecule has 3 N–H and O–H groups in total. The lowest BCUT2D eigenvalue weighted by molar-refractivity contribution is -0.141. The summed E-state index contributed by atoms with van der Waals surface area (Å²) in [6.45, 7) is 1.81. The molecule has 9 heteroatoms. The van der Waals surface area contributed by atoms with Crippen molar-refractivity contribution >= 4 is 40.5 Å². The first kappa shape index (κ1) is 18.5. The number of aromatic nitrogens is 1. The summed E-state index contributed by atoms with van der Waals surface area (Å²) in [6.07, 6.45) is -4.37. The average molecular weight is 380 g/mol. The number of hydrogen-bond acceptors (Lipinski definition) is 2. The number of carbonyl (C=O) groups excluding carboxylic acids is 1. The molecule has 1 aromatic carbocycles. The average Bonchev–Trinajstić information content (AvgIpc) is 2.71. The van der Waals surface area contributed by atoms with Crippen LogP contribution >= 0.6 is 23.2 Å². The number of nitrogens with one attached hydrogen (secondary N) is 1. The number of rotatable bonds is 3. The van der Waals surface area contributed by atoms with Gasteiger partial charge in [-0.1, -0.05) is 23.2 Å². The summed E-state index contributed by atoms with van der Waals surface area (Å²) in [5, 5.41) is 2.89. The molecule has 0 atom stereocenters. The summed E-state index contributed by atoms with van der Waals surface area (Å²) in [4.78, 5) is 12.4. The first-order valence-electron chi connectivity index (χ1n) is 6.79. The molecular formula is C15H14Cl2F3N3O. The second kappa shape index (κ2) is 6.57. The number of aryl methyl sites for hydroxylation is 1. The van der Waals surface area contributed by atoms with Crippen LogP contribution in [0.5, 0.6) is 0 Å². The molecule has 24 heavy (non-hydrogen) atoms. The molecular weight excluding hydrogens is 366 g/mol. The lowest BCUT2D eigenvalue weighted by Gasteiger charge is -2.12. The van der Waals surface area contributed by atoms with Gasteiger partial charge >= 0.3 is 6.18 Å². The lowest BCUT2D eigenvalue weighted by Crippen LogP contribution is -2.20. The summed E-state index contributed by atoms with van der Waals surface area (Å²) in [7, 11) is 0. The van der Waals surface area contributed by atoms with Gasteiger partial charge in [-0.05, 0) is 32.0 Å². The summed E-state index contributed by atoms with van der Waals surface area (Å²) in [5.74, 6) is -0.562. The highest BCUT2D eigenvalue weighted by Crippen LogP contribution is 2.31. The van der Waals surface area contributed by atoms with Crippen molar-refractivity contribution in [3.05, 3.63) is 45.2 Å². The highest BCUT2D eigenvalue weighted by molar-refractivity contribution is 6.39. The number of halogens is 5. The number of alkyl halides is 3. The van der Waals surface area contributed by atoms with Gasteiger partial charge in [0.2, 0.25) is 0 Å². The maximum Gasteiger partial charge on any atom is 0.406 e. The van der Waals surface area contributed by atoms with Crippen molar-refractivity contribution in [3.63, 3.8) is 0 Å². The van der Waals surface area contributed by atoms with Gasteiger partial charge in [-0.3, -0.25) is 4.79 Å². The number of carbonyl (C=O) groups is 1. The van der Waals surface area contributed by atoms with Crippen molar-refractivity contribution in [1.29, 1.82) is 0 Å². The van der Waals surface area contributed by atoms with E-state index in [0.717, 1.165) is 4.57 Å². The fourth-order valence-electron chi connectivity index (χ4n) is 2.31. The molecule has 0 unspecified atom stereocenters. The van der Waals surface area contributed by atoms with E-state index >= 15 is 0 Å². The van der Waals surface area contributed by atoms with Gasteiger partial charge < -0.3 is 15.6 Å². The zero-order valence-corrected chi connectivity index (χ0v) is 14.3. The van der Waals surface area contributed by atoms with Gasteiger partial charge in [0, 0.05) is 17.1 Å². The van der Waals surface area contributed by atoms with E-state index in [1.54, 1.807) is 0 Å². The Labute approximate surface area is 146 Å². The third-order valence-corrected chi connectivity index (χ3v) is 4.12. The fourth-order valence-corrected chi connectivity index (χ4v) is 2.80. The van der Waals surface area contributed by atoms with Crippen LogP contribution in [0.15, 0.2) is 18.2 Å². The molecule has 2 aromatic rings. The number of anilines is 2. The van der Waals surface area contributed by atoms with Gasteiger partial charge in [0.1, 0.15) is 6.54 Å². The van der Waals surface area contributed by atoms with Crippen LogP contribution in [0.4, 0.5) is 24.5 Å². The molecule has 1 amide bonds. The predicted molar refractivity (Wildman–Crippen MR) is 88.8 cm³/mol. The molecule has 4 nitrogen and oxygen atoms in total. The van der Waals surface area contributed by atoms with Gasteiger partial charge in [-0.15, -0.1) is 0 Å². The Morgan fingerprint density at radius 2 is 1.75 bits per heavy atom. The van der Waals surface area contributed by atoms with Crippen molar-refractivity contribution in [3.8, 4) is 0 Å². The van der Waals surface area contributed by atoms with Gasteiger partial charge in [0.15, 0.2) is 0 Å². The summed E-state index contributed by atoms with van der Waals surface area (Å²) in [5.41, 5.74) is 6.78. The first-order chi connectivity index (χ1) is 11.0. The molecule has 0 radical (unpaired) electrons. The molecule has 0 bridgehead atoms. The standard InChI is InChI=1S/C15H14Cl2F3N3O/c1-7-3-10(8(2)23(7)6-15(18,19)20)14(24)22-9-4-11(16)13(21)12(17)5-9/h3-5H,6,21H2,1-2H3,(H,22,24). The van der Waals surface area contributed by atoms with E-state index in [0.29, 0.717) is 11.4 Å². The van der Waals surface area contributed by atoms with Gasteiger partial charge in [-0.2, -0.15) is 13.2 Å². The van der Waals surface area contributed by atoms with Crippen molar-refractivity contribution in [2.75, 3.05) is 11.1 Å². The van der Waals surface area contributed by atoms with Gasteiger partial charge in [0.25, 0.3) is 5.91 Å². The second-order valence-electron chi connectivity index (χ2n) is 5.29. The monoisotopic (exact) mass is 379 g/mol. The Balaban J connectivity index is 2.30. The van der Waals surface area contributed by atoms with Crippen LogP contribution in [0.2, 0.25) is 10.0 Å². The minimum Gasteiger partial charge on any atom is -0.396 e. The Bertz CT molecular complexity index is 777. The highest BCUT2D eigenvalue weighted by atomic mass is 35.5. The maximum atomic E-state index is 12.6. The van der Waals surface area contributed by atoms with Crippen molar-refractivity contribution in [2.45, 2.75) is 26.6 Å². The highest BCUT2D eigenvalue weighted by Gasteiger charge is 2.30. The normalized spacial score (nSPS) is 11.6. The molecule has 0 aliphatic heterocycles. The summed E-state index contributed by atoms with van der Waals surface area (Å²) < 4.78 is 38.9. The van der Waals surface area contributed by atoms with E-state index in [4.69, 9.17) is 28.9 Å². The first-order valence-corrected chi connectivity index (χ1v) is 7.54. The largest absolute Gasteiger partial charge is 0.406 e. The quantitative estimate of drug-likeness (QED) is 0.751. The lowest BCUT2D eigenvalue weighted by atomic mass is 10.2. The van der Waals surface area contributed by atoms with E-state index in [1.807, 2.05) is 0 Å². The number of nitrogens with two attached hydrogens (primary N) is 1. The van der Waals surface area contributed by atoms with Crippen LogP contribution in [0.1, 0.15) is 21.7 Å². The second-order valence-corrected chi connectivity index (χ2v) is 6.11. The SMILES string of the molecule is Cc1cc(C(=O)Nc2cc(Cl)c(N)c(Cl)c2)c(C)n1CC(F)(F)F. The van der Waals surface area contributed by atoms with Crippen LogP contribution < -0.4 is 11.1 Å². The van der Waals surface area contributed by atoms with Crippen LogP contribution in [0, 0.1) is 13.8 Å². The van der Waals surface area contributed by atoms with Crippen molar-refractivity contribution < 1.29 is 18.0 Å². The van der Waals surface area contributed by atoms with Crippen molar-refractivity contribution in [2.24, 2.45) is 0 Å². The molecule has 130 valence electrons. The number of amides is 1. The minimum atomic E-state index is -4.37. The summed E-state index contributed by atoms with van der Waals surface area (Å²) >= 11 is 11.8. The zero-order chi connectivity index (χ0) is 18.2.